The molecule has 1 amide bonds. The first-order chi connectivity index (χ1) is 5.07. The van der Waals surface area contributed by atoms with Crippen molar-refractivity contribution in [3.8, 4) is 0 Å². The molecule has 0 aliphatic carbocycles. The van der Waals surface area contributed by atoms with Crippen LogP contribution in [0.25, 0.3) is 0 Å². The number of amides is 1. The predicted octanol–water partition coefficient (Wildman–Crippen LogP) is -0.525. The van der Waals surface area contributed by atoms with E-state index in [1.165, 1.54) is 6.92 Å². The van der Waals surface area contributed by atoms with Gasteiger partial charge in [-0.2, -0.15) is 0 Å². The van der Waals surface area contributed by atoms with Crippen LogP contribution >= 0.6 is 16.1 Å². The van der Waals surface area contributed by atoms with Crippen molar-refractivity contribution in [2.75, 3.05) is 6.54 Å². The van der Waals surface area contributed by atoms with E-state index in [-0.39, 0.29) is 12.5 Å². The molecule has 5 nitrogen and oxygen atoms in total. The minimum absolute atomic E-state index is 0.0532. The van der Waals surface area contributed by atoms with Gasteiger partial charge < -0.3 is 10.4 Å². The summed E-state index contributed by atoms with van der Waals surface area (Å²) in [7, 11) is 0. The summed E-state index contributed by atoms with van der Waals surface area (Å²) in [6, 6.07) is -0.844. The van der Waals surface area contributed by atoms with Gasteiger partial charge in [-0.3, -0.25) is 9.59 Å². The molecule has 6 heteroatoms. The molecule has 0 rings (SSSR count). The number of halogens is 1. The molecule has 0 spiro atoms. The Bertz CT molecular complexity index is 162. The van der Waals surface area contributed by atoms with Crippen LogP contribution in [0.1, 0.15) is 6.92 Å². The molecule has 0 aromatic heterocycles. The number of carbonyl (C=O) groups excluding carboxylic acids is 1. The SMILES string of the molecule is C[C@H](NC(=O)CNBr)C(=O)O. The molecule has 0 aromatic rings. The summed E-state index contributed by atoms with van der Waals surface area (Å²) >= 11 is 2.82. The average Bonchev–Trinajstić information content (AvgIpc) is 1.87. The fraction of sp³-hybridized carbons (Fsp3) is 0.600. The topological polar surface area (TPSA) is 78.4 Å². The second kappa shape index (κ2) is 5.09. The fourth-order valence-corrected chi connectivity index (χ4v) is 0.670. The maximum atomic E-state index is 10.7. The first-order valence-electron chi connectivity index (χ1n) is 2.93. The van der Waals surface area contributed by atoms with E-state index in [0.29, 0.717) is 0 Å². The highest BCUT2D eigenvalue weighted by Crippen LogP contribution is 1.80. The van der Waals surface area contributed by atoms with Crippen LogP contribution in [0.15, 0.2) is 0 Å². The van der Waals surface area contributed by atoms with Crippen LogP contribution in [-0.2, 0) is 9.59 Å². The molecule has 0 saturated heterocycles. The van der Waals surface area contributed by atoms with E-state index in [9.17, 15) is 9.59 Å². The number of hydrogen-bond donors (Lipinski definition) is 3. The third-order valence-corrected chi connectivity index (χ3v) is 1.26. The van der Waals surface area contributed by atoms with E-state index in [0.717, 1.165) is 0 Å². The summed E-state index contributed by atoms with van der Waals surface area (Å²) in [5.74, 6) is -1.41. The minimum Gasteiger partial charge on any atom is -0.480 e. The van der Waals surface area contributed by atoms with Crippen molar-refractivity contribution < 1.29 is 14.7 Å². The van der Waals surface area contributed by atoms with E-state index in [4.69, 9.17) is 5.11 Å². The molecule has 0 aromatic carbocycles. The van der Waals surface area contributed by atoms with Crippen LogP contribution in [0.3, 0.4) is 0 Å². The molecule has 0 heterocycles. The van der Waals surface area contributed by atoms with E-state index in [2.05, 4.69) is 25.8 Å². The second-order valence-corrected chi connectivity index (χ2v) is 2.50. The Balaban J connectivity index is 3.66. The summed E-state index contributed by atoms with van der Waals surface area (Å²) in [5, 5.41) is 10.6. The predicted molar refractivity (Wildman–Crippen MR) is 42.2 cm³/mol. The van der Waals surface area contributed by atoms with E-state index < -0.39 is 12.0 Å². The monoisotopic (exact) mass is 224 g/mol. The number of carboxylic acids is 1. The normalized spacial score (nSPS) is 12.2. The van der Waals surface area contributed by atoms with E-state index >= 15 is 0 Å². The Labute approximate surface area is 72.5 Å². The van der Waals surface area contributed by atoms with E-state index in [1.54, 1.807) is 0 Å². The second-order valence-electron chi connectivity index (χ2n) is 1.94. The summed E-state index contributed by atoms with van der Waals surface area (Å²) in [6.45, 7) is 1.45. The summed E-state index contributed by atoms with van der Waals surface area (Å²) in [6.07, 6.45) is 0. The lowest BCUT2D eigenvalue weighted by Crippen LogP contribution is -2.41. The van der Waals surface area contributed by atoms with Crippen LogP contribution < -0.4 is 9.66 Å². The number of aliphatic carboxylic acids is 1. The molecular formula is C5H9BrN2O3. The molecular weight excluding hydrogens is 216 g/mol. The highest BCUT2D eigenvalue weighted by atomic mass is 79.9. The van der Waals surface area contributed by atoms with Crippen molar-refractivity contribution in [3.05, 3.63) is 0 Å². The zero-order valence-corrected chi connectivity index (χ0v) is 7.51. The summed E-state index contributed by atoms with van der Waals surface area (Å²) in [4.78, 5) is 20.9. The van der Waals surface area contributed by atoms with Gasteiger partial charge in [0.05, 0.1) is 6.54 Å². The van der Waals surface area contributed by atoms with Gasteiger partial charge in [0.15, 0.2) is 0 Å². The molecule has 0 saturated carbocycles. The smallest absolute Gasteiger partial charge is 0.325 e. The van der Waals surface area contributed by atoms with Gasteiger partial charge in [0.2, 0.25) is 5.91 Å². The summed E-state index contributed by atoms with van der Waals surface area (Å²) < 4.78 is 2.42. The van der Waals surface area contributed by atoms with Gasteiger partial charge in [-0.15, -0.1) is 0 Å². The van der Waals surface area contributed by atoms with Crippen LogP contribution in [0.5, 0.6) is 0 Å². The maximum absolute atomic E-state index is 10.7. The van der Waals surface area contributed by atoms with Crippen LogP contribution in [0.2, 0.25) is 0 Å². The van der Waals surface area contributed by atoms with Gasteiger partial charge in [-0.05, 0) is 6.92 Å². The van der Waals surface area contributed by atoms with Gasteiger partial charge in [-0.25, -0.2) is 4.34 Å². The Hall–Kier alpha value is -0.620. The number of carboxylic acid groups (broad SMARTS) is 1. The lowest BCUT2D eigenvalue weighted by atomic mass is 10.3. The first kappa shape index (κ1) is 10.4. The molecule has 0 aliphatic heterocycles. The Morgan fingerprint density at radius 3 is 2.55 bits per heavy atom. The quantitative estimate of drug-likeness (QED) is 0.562. The highest BCUT2D eigenvalue weighted by Gasteiger charge is 2.12. The Morgan fingerprint density at radius 1 is 1.64 bits per heavy atom. The molecule has 0 unspecified atom stereocenters. The molecule has 64 valence electrons. The van der Waals surface area contributed by atoms with Gasteiger partial charge >= 0.3 is 5.97 Å². The van der Waals surface area contributed by atoms with Crippen molar-refractivity contribution >= 4 is 28.0 Å². The Kier molecular flexibility index (Phi) is 4.80. The molecule has 11 heavy (non-hydrogen) atoms. The standard InChI is InChI=1S/C5H9BrN2O3/c1-3(5(10)11)8-4(9)2-7-6/h3,7H,2H2,1H3,(H,8,9)(H,10,11)/t3-/m0/s1. The highest BCUT2D eigenvalue weighted by molar-refractivity contribution is 9.08. The zero-order valence-electron chi connectivity index (χ0n) is 5.93. The molecule has 3 N–H and O–H groups in total. The molecule has 0 bridgehead atoms. The molecule has 1 atom stereocenters. The van der Waals surface area contributed by atoms with Crippen molar-refractivity contribution in [1.29, 1.82) is 0 Å². The van der Waals surface area contributed by atoms with Crippen LogP contribution in [-0.4, -0.2) is 29.6 Å². The third kappa shape index (κ3) is 4.74. The van der Waals surface area contributed by atoms with E-state index in [1.807, 2.05) is 0 Å². The van der Waals surface area contributed by atoms with Gasteiger partial charge in [-0.1, -0.05) is 0 Å². The lowest BCUT2D eigenvalue weighted by molar-refractivity contribution is -0.141. The number of nitrogens with one attached hydrogen (secondary N) is 2. The fourth-order valence-electron chi connectivity index (χ4n) is 0.415. The number of carbonyl (C=O) groups is 2. The number of rotatable bonds is 4. The average molecular weight is 225 g/mol. The minimum atomic E-state index is -1.05. The maximum Gasteiger partial charge on any atom is 0.325 e. The largest absolute Gasteiger partial charge is 0.480 e. The van der Waals surface area contributed by atoms with Crippen molar-refractivity contribution in [2.45, 2.75) is 13.0 Å². The Morgan fingerprint density at radius 2 is 2.18 bits per heavy atom. The zero-order chi connectivity index (χ0) is 8.85. The van der Waals surface area contributed by atoms with Crippen LogP contribution in [0, 0.1) is 0 Å². The van der Waals surface area contributed by atoms with Gasteiger partial charge in [0.25, 0.3) is 0 Å². The van der Waals surface area contributed by atoms with Crippen molar-refractivity contribution in [2.24, 2.45) is 0 Å². The van der Waals surface area contributed by atoms with Gasteiger partial charge in [0.1, 0.15) is 6.04 Å². The molecule has 0 radical (unpaired) electrons. The molecule has 0 aliphatic rings. The third-order valence-electron chi connectivity index (χ3n) is 0.975. The number of hydrogen-bond acceptors (Lipinski definition) is 3. The molecule has 0 fully saturated rings. The summed E-state index contributed by atoms with van der Waals surface area (Å²) in [5.41, 5.74) is 0. The van der Waals surface area contributed by atoms with Crippen LogP contribution in [0.4, 0.5) is 0 Å². The lowest BCUT2D eigenvalue weighted by Gasteiger charge is -2.07. The first-order valence-corrected chi connectivity index (χ1v) is 3.73. The van der Waals surface area contributed by atoms with Crippen molar-refractivity contribution in [3.63, 3.8) is 0 Å². The van der Waals surface area contributed by atoms with Crippen molar-refractivity contribution in [1.82, 2.24) is 9.66 Å². The van der Waals surface area contributed by atoms with Gasteiger partial charge in [0, 0.05) is 16.1 Å².